The number of benzene rings is 2. The number of para-hydroxylation sites is 1. The number of carbonyl (C=O) groups is 1. The molecule has 1 N–H and O–H groups in total. The molecule has 2 aromatic rings. The number of fused-ring (bicyclic) bond motifs is 5. The average Bonchev–Trinajstić information content (AvgIpc) is 2.76. The van der Waals surface area contributed by atoms with Gasteiger partial charge in [0.05, 0.1) is 5.92 Å². The Balaban J connectivity index is 1.98. The van der Waals surface area contributed by atoms with Crippen molar-refractivity contribution in [1.82, 2.24) is 5.32 Å². The second-order valence-corrected chi connectivity index (χ2v) is 5.59. The van der Waals surface area contributed by atoms with Crippen molar-refractivity contribution in [2.24, 2.45) is 0 Å². The van der Waals surface area contributed by atoms with Crippen molar-refractivity contribution >= 4 is 17.5 Å². The first kappa shape index (κ1) is 11.8. The summed E-state index contributed by atoms with van der Waals surface area (Å²) in [6.07, 6.45) is 0. The van der Waals surface area contributed by atoms with E-state index in [1.807, 2.05) is 36.4 Å². The van der Waals surface area contributed by atoms with Gasteiger partial charge in [-0.05, 0) is 24.3 Å². The fraction of sp³-hybridized carbons (Fsp3) is 0.188. The summed E-state index contributed by atoms with van der Waals surface area (Å²) in [7, 11) is 0. The van der Waals surface area contributed by atoms with Crippen LogP contribution in [-0.2, 0) is 4.79 Å². The van der Waals surface area contributed by atoms with Crippen LogP contribution in [0.15, 0.2) is 42.5 Å². The Hall–Kier alpha value is -2.00. The maximum absolute atomic E-state index is 12.2. The number of carbonyl (C=O) groups excluding carboxylic acids is 1. The van der Waals surface area contributed by atoms with Gasteiger partial charge in [-0.25, -0.2) is 0 Å². The molecule has 1 fully saturated rings. The van der Waals surface area contributed by atoms with Gasteiger partial charge in [0.25, 0.3) is 0 Å². The van der Waals surface area contributed by atoms with Crippen LogP contribution in [0.2, 0.25) is 5.02 Å². The molecule has 0 radical (unpaired) electrons. The molecule has 0 spiro atoms. The number of hydrogen-bond acceptors (Lipinski definition) is 2. The molecule has 0 unspecified atom stereocenters. The predicted molar refractivity (Wildman–Crippen MR) is 76.5 cm³/mol. The smallest absolute Gasteiger partial charge is 0.228 e. The molecule has 100 valence electrons. The molecular weight excluding hydrogens is 274 g/mol. The molecule has 2 aliphatic rings. The van der Waals surface area contributed by atoms with E-state index in [0.29, 0.717) is 17.3 Å². The Morgan fingerprint density at radius 3 is 2.80 bits per heavy atom. The highest BCUT2D eigenvalue weighted by atomic mass is 35.5. The minimum absolute atomic E-state index is 0.0406. The van der Waals surface area contributed by atoms with Crippen molar-refractivity contribution in [3.63, 3.8) is 0 Å². The minimum atomic E-state index is -0.229. The number of ether oxygens (including phenoxy) is 1. The maximum atomic E-state index is 12.2. The quantitative estimate of drug-likeness (QED) is 0.805. The Labute approximate surface area is 121 Å². The molecule has 0 bridgehead atoms. The van der Waals surface area contributed by atoms with E-state index in [2.05, 4.69) is 5.32 Å². The second kappa shape index (κ2) is 4.25. The maximum Gasteiger partial charge on any atom is 0.228 e. The Kier molecular flexibility index (Phi) is 2.51. The van der Waals surface area contributed by atoms with Crippen molar-refractivity contribution in [2.75, 3.05) is 6.54 Å². The van der Waals surface area contributed by atoms with E-state index in [9.17, 15) is 4.79 Å². The van der Waals surface area contributed by atoms with Gasteiger partial charge in [0.2, 0.25) is 5.91 Å². The van der Waals surface area contributed by atoms with Crippen molar-refractivity contribution in [3.8, 4) is 11.5 Å². The third-order valence-electron chi connectivity index (χ3n) is 4.03. The SMILES string of the molecule is O=C1NC[C@@H]2c3ccccc3Oc3ccc(Cl)cc3[C@@H]12. The zero-order valence-electron chi connectivity index (χ0n) is 10.6. The molecule has 0 saturated carbocycles. The molecule has 20 heavy (non-hydrogen) atoms. The molecule has 4 rings (SSSR count). The van der Waals surface area contributed by atoms with Crippen LogP contribution in [0.3, 0.4) is 0 Å². The lowest BCUT2D eigenvalue weighted by atomic mass is 9.84. The highest BCUT2D eigenvalue weighted by Crippen LogP contribution is 2.48. The lowest BCUT2D eigenvalue weighted by molar-refractivity contribution is -0.120. The van der Waals surface area contributed by atoms with Gasteiger partial charge in [-0.3, -0.25) is 4.79 Å². The van der Waals surface area contributed by atoms with Crippen LogP contribution in [0.25, 0.3) is 0 Å². The molecule has 2 aliphatic heterocycles. The van der Waals surface area contributed by atoms with Crippen LogP contribution < -0.4 is 10.1 Å². The van der Waals surface area contributed by atoms with Crippen LogP contribution in [0, 0.1) is 0 Å². The predicted octanol–water partition coefficient (Wildman–Crippen LogP) is 3.44. The summed E-state index contributed by atoms with van der Waals surface area (Å²) < 4.78 is 6.00. The van der Waals surface area contributed by atoms with Crippen LogP contribution >= 0.6 is 11.6 Å². The molecule has 1 amide bonds. The second-order valence-electron chi connectivity index (χ2n) is 5.15. The van der Waals surface area contributed by atoms with Crippen LogP contribution in [-0.4, -0.2) is 12.5 Å². The molecule has 3 nitrogen and oxygen atoms in total. The Bertz CT molecular complexity index is 713. The van der Waals surface area contributed by atoms with E-state index in [1.54, 1.807) is 6.07 Å². The summed E-state index contributed by atoms with van der Waals surface area (Å²) in [6.45, 7) is 0.635. The fourth-order valence-corrected chi connectivity index (χ4v) is 3.30. The number of halogens is 1. The lowest BCUT2D eigenvalue weighted by Gasteiger charge is -2.15. The van der Waals surface area contributed by atoms with E-state index < -0.39 is 0 Å². The topological polar surface area (TPSA) is 38.3 Å². The largest absolute Gasteiger partial charge is 0.457 e. The van der Waals surface area contributed by atoms with Gasteiger partial charge in [0.1, 0.15) is 11.5 Å². The van der Waals surface area contributed by atoms with Crippen LogP contribution in [0.4, 0.5) is 0 Å². The van der Waals surface area contributed by atoms with Crippen molar-refractivity contribution in [3.05, 3.63) is 58.6 Å². The summed E-state index contributed by atoms with van der Waals surface area (Å²) in [5.41, 5.74) is 1.94. The first-order chi connectivity index (χ1) is 9.74. The van der Waals surface area contributed by atoms with Gasteiger partial charge in [-0.1, -0.05) is 29.8 Å². The molecule has 2 atom stereocenters. The lowest BCUT2D eigenvalue weighted by Crippen LogP contribution is -2.18. The number of amides is 1. The molecule has 0 aromatic heterocycles. The zero-order chi connectivity index (χ0) is 13.7. The molecule has 4 heteroatoms. The number of nitrogens with one attached hydrogen (secondary N) is 1. The Morgan fingerprint density at radius 1 is 1.10 bits per heavy atom. The Morgan fingerprint density at radius 2 is 1.90 bits per heavy atom. The summed E-state index contributed by atoms with van der Waals surface area (Å²) in [5.74, 6) is 1.44. The first-order valence-corrected chi connectivity index (χ1v) is 6.96. The van der Waals surface area contributed by atoms with Gasteiger partial charge < -0.3 is 10.1 Å². The number of hydrogen-bond donors (Lipinski definition) is 1. The summed E-state index contributed by atoms with van der Waals surface area (Å²) in [4.78, 5) is 12.2. The van der Waals surface area contributed by atoms with Gasteiger partial charge in [-0.2, -0.15) is 0 Å². The summed E-state index contributed by atoms with van der Waals surface area (Å²) >= 11 is 6.09. The molecular formula is C16H12ClNO2. The highest BCUT2D eigenvalue weighted by Gasteiger charge is 2.41. The van der Waals surface area contributed by atoms with E-state index >= 15 is 0 Å². The van der Waals surface area contributed by atoms with E-state index in [1.165, 1.54) is 0 Å². The first-order valence-electron chi connectivity index (χ1n) is 6.58. The third-order valence-corrected chi connectivity index (χ3v) is 4.26. The zero-order valence-corrected chi connectivity index (χ0v) is 11.4. The van der Waals surface area contributed by atoms with Crippen molar-refractivity contribution in [1.29, 1.82) is 0 Å². The van der Waals surface area contributed by atoms with Gasteiger partial charge in [0, 0.05) is 28.6 Å². The summed E-state index contributed by atoms with van der Waals surface area (Å²) in [6, 6.07) is 13.4. The third kappa shape index (κ3) is 1.63. The van der Waals surface area contributed by atoms with Crippen molar-refractivity contribution < 1.29 is 9.53 Å². The average molecular weight is 286 g/mol. The number of rotatable bonds is 0. The van der Waals surface area contributed by atoms with E-state index in [0.717, 1.165) is 16.9 Å². The molecule has 1 saturated heterocycles. The van der Waals surface area contributed by atoms with Gasteiger partial charge >= 0.3 is 0 Å². The molecule has 2 aromatic carbocycles. The van der Waals surface area contributed by atoms with Gasteiger partial charge in [-0.15, -0.1) is 0 Å². The summed E-state index contributed by atoms with van der Waals surface area (Å²) in [5, 5.41) is 3.57. The standard InChI is InChI=1S/C16H12ClNO2/c17-9-5-6-14-11(7-9)15-12(8-18-16(15)19)10-3-1-2-4-13(10)20-14/h1-7,12,15H,8H2,(H,18,19)/t12-,15-/m1/s1. The minimum Gasteiger partial charge on any atom is -0.457 e. The highest BCUT2D eigenvalue weighted by molar-refractivity contribution is 6.30. The monoisotopic (exact) mass is 285 g/mol. The normalized spacial score (nSPS) is 22.9. The molecule has 0 aliphatic carbocycles. The van der Waals surface area contributed by atoms with E-state index in [-0.39, 0.29) is 17.7 Å². The van der Waals surface area contributed by atoms with Crippen LogP contribution in [0.1, 0.15) is 23.0 Å². The van der Waals surface area contributed by atoms with Gasteiger partial charge in [0.15, 0.2) is 0 Å². The fourth-order valence-electron chi connectivity index (χ4n) is 3.12. The molecule has 2 heterocycles. The van der Waals surface area contributed by atoms with Crippen LogP contribution in [0.5, 0.6) is 11.5 Å². The van der Waals surface area contributed by atoms with Crippen molar-refractivity contribution in [2.45, 2.75) is 11.8 Å². The van der Waals surface area contributed by atoms with E-state index in [4.69, 9.17) is 16.3 Å².